The molecule has 0 bridgehead atoms. The maximum atomic E-state index is 5.63. The van der Waals surface area contributed by atoms with E-state index in [1.807, 2.05) is 18.2 Å². The lowest BCUT2D eigenvalue weighted by Crippen LogP contribution is -2.33. The Bertz CT molecular complexity index is 377. The van der Waals surface area contributed by atoms with Crippen LogP contribution in [0, 0.1) is 0 Å². The average Bonchev–Trinajstić information content (AvgIpc) is 2.42. The van der Waals surface area contributed by atoms with Gasteiger partial charge in [-0.1, -0.05) is 30.9 Å². The number of nitrogens with zero attached hydrogens (tertiary/aromatic N) is 1. The van der Waals surface area contributed by atoms with Crippen LogP contribution < -0.4 is 10.1 Å². The molecule has 1 aromatic carbocycles. The first kappa shape index (κ1) is 15.7. The second-order valence-corrected chi connectivity index (χ2v) is 4.96. The lowest BCUT2D eigenvalue weighted by atomic mass is 10.2. The normalized spacial score (nSPS) is 11.0. The zero-order valence-corrected chi connectivity index (χ0v) is 12.4. The van der Waals surface area contributed by atoms with E-state index in [-0.39, 0.29) is 0 Å². The monoisotopic (exact) mass is 262 g/mol. The molecule has 1 N–H and O–H groups in total. The van der Waals surface area contributed by atoms with Crippen molar-refractivity contribution in [3.05, 3.63) is 42.5 Å². The predicted octanol–water partition coefficient (Wildman–Crippen LogP) is 2.68. The summed E-state index contributed by atoms with van der Waals surface area (Å²) in [5, 5.41) is 3.46. The maximum Gasteiger partial charge on any atom is 0.124 e. The van der Waals surface area contributed by atoms with Crippen LogP contribution in [0.1, 0.15) is 19.4 Å². The molecule has 1 aromatic rings. The van der Waals surface area contributed by atoms with E-state index in [0.717, 1.165) is 25.4 Å². The number of hydrogen-bond donors (Lipinski definition) is 1. The van der Waals surface area contributed by atoms with Gasteiger partial charge in [-0.2, -0.15) is 0 Å². The van der Waals surface area contributed by atoms with Crippen molar-refractivity contribution < 1.29 is 4.74 Å². The fraction of sp³-hybridized carbons (Fsp3) is 0.500. The molecule has 0 amide bonds. The molecule has 0 aliphatic carbocycles. The molecule has 0 aliphatic rings. The molecule has 3 heteroatoms. The molecule has 0 saturated heterocycles. The molecule has 0 fully saturated rings. The molecule has 0 atom stereocenters. The minimum absolute atomic E-state index is 0.549. The van der Waals surface area contributed by atoms with E-state index < -0.39 is 0 Å². The summed E-state index contributed by atoms with van der Waals surface area (Å²) in [6, 6.07) is 8.72. The predicted molar refractivity (Wildman–Crippen MR) is 81.6 cm³/mol. The lowest BCUT2D eigenvalue weighted by molar-refractivity contribution is 0.273. The molecule has 0 aromatic heterocycles. The summed E-state index contributed by atoms with van der Waals surface area (Å²) in [7, 11) is 2.15. The zero-order chi connectivity index (χ0) is 14.1. The van der Waals surface area contributed by atoms with Crippen molar-refractivity contribution in [3.63, 3.8) is 0 Å². The van der Waals surface area contributed by atoms with E-state index in [9.17, 15) is 0 Å². The Morgan fingerprint density at radius 1 is 1.37 bits per heavy atom. The Labute approximate surface area is 117 Å². The number of ether oxygens (including phenoxy) is 1. The number of rotatable bonds is 9. The van der Waals surface area contributed by atoms with Crippen LogP contribution in [-0.4, -0.2) is 37.7 Å². The molecule has 3 nitrogen and oxygen atoms in total. The molecule has 0 unspecified atom stereocenters. The van der Waals surface area contributed by atoms with E-state index in [1.165, 1.54) is 5.56 Å². The Morgan fingerprint density at radius 3 is 2.79 bits per heavy atom. The number of benzene rings is 1. The molecule has 0 heterocycles. The Morgan fingerprint density at radius 2 is 2.11 bits per heavy atom. The van der Waals surface area contributed by atoms with E-state index >= 15 is 0 Å². The number of hydrogen-bond acceptors (Lipinski definition) is 3. The maximum absolute atomic E-state index is 5.63. The van der Waals surface area contributed by atoms with E-state index in [4.69, 9.17) is 4.74 Å². The highest BCUT2D eigenvalue weighted by Gasteiger charge is 2.04. The van der Waals surface area contributed by atoms with Crippen molar-refractivity contribution in [1.29, 1.82) is 0 Å². The first-order valence-electron chi connectivity index (χ1n) is 6.87. The van der Waals surface area contributed by atoms with Crippen LogP contribution in [0.5, 0.6) is 5.75 Å². The van der Waals surface area contributed by atoms with Gasteiger partial charge in [0.25, 0.3) is 0 Å². The summed E-state index contributed by atoms with van der Waals surface area (Å²) in [4.78, 5) is 2.33. The Hall–Kier alpha value is -1.32. The van der Waals surface area contributed by atoms with Crippen molar-refractivity contribution in [3.8, 4) is 5.75 Å². The largest absolute Gasteiger partial charge is 0.489 e. The summed E-state index contributed by atoms with van der Waals surface area (Å²) < 4.78 is 5.63. The van der Waals surface area contributed by atoms with Gasteiger partial charge in [0.2, 0.25) is 0 Å². The summed E-state index contributed by atoms with van der Waals surface area (Å²) in [5.74, 6) is 0.937. The summed E-state index contributed by atoms with van der Waals surface area (Å²) in [6.07, 6.45) is 1.77. The van der Waals surface area contributed by atoms with E-state index in [2.05, 4.69) is 43.8 Å². The van der Waals surface area contributed by atoms with Crippen molar-refractivity contribution in [2.24, 2.45) is 0 Å². The first-order chi connectivity index (χ1) is 9.15. The van der Waals surface area contributed by atoms with Gasteiger partial charge in [0.05, 0.1) is 0 Å². The molecule has 106 valence electrons. The summed E-state index contributed by atoms with van der Waals surface area (Å²) in [6.45, 7) is 11.5. The standard InChI is InChI=1S/C16H26N2O/c1-5-12-19-16-9-7-6-8-15(16)13-17-10-11-18(4)14(2)3/h5-9,14,17H,1,10-13H2,2-4H3. The van der Waals surface area contributed by atoms with Gasteiger partial charge in [-0.15, -0.1) is 0 Å². The van der Waals surface area contributed by atoms with Crippen LogP contribution in [0.3, 0.4) is 0 Å². The summed E-state index contributed by atoms with van der Waals surface area (Å²) >= 11 is 0. The molecular weight excluding hydrogens is 236 g/mol. The number of likely N-dealkylation sites (N-methyl/N-ethyl adjacent to an activating group) is 1. The molecule has 0 saturated carbocycles. The van der Waals surface area contributed by atoms with Gasteiger partial charge in [0.1, 0.15) is 12.4 Å². The molecule has 0 spiro atoms. The highest BCUT2D eigenvalue weighted by Crippen LogP contribution is 2.17. The molecular formula is C16H26N2O. The van der Waals surface area contributed by atoms with Crippen LogP contribution in [0.15, 0.2) is 36.9 Å². The first-order valence-corrected chi connectivity index (χ1v) is 6.87. The highest BCUT2D eigenvalue weighted by atomic mass is 16.5. The van der Waals surface area contributed by atoms with Crippen LogP contribution in [0.2, 0.25) is 0 Å². The molecule has 0 aliphatic heterocycles. The lowest BCUT2D eigenvalue weighted by Gasteiger charge is -2.21. The van der Waals surface area contributed by atoms with Crippen molar-refractivity contribution in [1.82, 2.24) is 10.2 Å². The highest BCUT2D eigenvalue weighted by molar-refractivity contribution is 5.33. The van der Waals surface area contributed by atoms with Gasteiger partial charge in [0.15, 0.2) is 0 Å². The van der Waals surface area contributed by atoms with Gasteiger partial charge in [0, 0.05) is 31.2 Å². The zero-order valence-electron chi connectivity index (χ0n) is 12.4. The third kappa shape index (κ3) is 5.90. The quantitative estimate of drug-likeness (QED) is 0.547. The Balaban J connectivity index is 2.38. The Kier molecular flexibility index (Phi) is 7.23. The minimum atomic E-state index is 0.549. The molecule has 19 heavy (non-hydrogen) atoms. The van der Waals surface area contributed by atoms with Crippen molar-refractivity contribution in [2.75, 3.05) is 26.7 Å². The SMILES string of the molecule is C=CCOc1ccccc1CNCCN(C)C(C)C. The topological polar surface area (TPSA) is 24.5 Å². The fourth-order valence-corrected chi connectivity index (χ4v) is 1.68. The van der Waals surface area contributed by atoms with Crippen molar-refractivity contribution >= 4 is 0 Å². The second kappa shape index (κ2) is 8.73. The van der Waals surface area contributed by atoms with Crippen molar-refractivity contribution in [2.45, 2.75) is 26.4 Å². The molecule has 1 rings (SSSR count). The van der Waals surface area contributed by atoms with Crippen LogP contribution >= 0.6 is 0 Å². The number of para-hydroxylation sites is 1. The van der Waals surface area contributed by atoms with Gasteiger partial charge in [-0.25, -0.2) is 0 Å². The second-order valence-electron chi connectivity index (χ2n) is 4.96. The van der Waals surface area contributed by atoms with E-state index in [1.54, 1.807) is 6.08 Å². The molecule has 0 radical (unpaired) electrons. The average molecular weight is 262 g/mol. The van der Waals surface area contributed by atoms with Gasteiger partial charge < -0.3 is 15.0 Å². The van der Waals surface area contributed by atoms with Gasteiger partial charge in [-0.05, 0) is 27.0 Å². The summed E-state index contributed by atoms with van der Waals surface area (Å²) in [5.41, 5.74) is 1.19. The number of nitrogens with one attached hydrogen (secondary N) is 1. The third-order valence-electron chi connectivity index (χ3n) is 3.17. The van der Waals surface area contributed by atoms with Gasteiger partial charge in [-0.3, -0.25) is 0 Å². The minimum Gasteiger partial charge on any atom is -0.489 e. The van der Waals surface area contributed by atoms with Gasteiger partial charge >= 0.3 is 0 Å². The van der Waals surface area contributed by atoms with Crippen LogP contribution in [-0.2, 0) is 6.54 Å². The smallest absolute Gasteiger partial charge is 0.124 e. The van der Waals surface area contributed by atoms with Crippen LogP contribution in [0.4, 0.5) is 0 Å². The fourth-order valence-electron chi connectivity index (χ4n) is 1.68. The van der Waals surface area contributed by atoms with Crippen LogP contribution in [0.25, 0.3) is 0 Å². The third-order valence-corrected chi connectivity index (χ3v) is 3.17. The van der Waals surface area contributed by atoms with E-state index in [0.29, 0.717) is 12.6 Å².